The van der Waals surface area contributed by atoms with E-state index in [1.54, 1.807) is 22.7 Å². The second-order valence-corrected chi connectivity index (χ2v) is 14.1. The monoisotopic (exact) mass is 636 g/mol. The average Bonchev–Trinajstić information content (AvgIpc) is 3.73. The molecular formula is C32H32N2O4S4. The first kappa shape index (κ1) is 31.7. The van der Waals surface area contributed by atoms with Crippen molar-refractivity contribution in [3.63, 3.8) is 0 Å². The molecule has 0 atom stereocenters. The minimum atomic E-state index is -0.553. The first-order valence-electron chi connectivity index (χ1n) is 14.1. The molecule has 0 aliphatic heterocycles. The van der Waals surface area contributed by atoms with Gasteiger partial charge in [0.25, 0.3) is 0 Å². The molecule has 0 unspecified atom stereocenters. The van der Waals surface area contributed by atoms with E-state index in [1.807, 2.05) is 24.3 Å². The number of rotatable bonds is 13. The van der Waals surface area contributed by atoms with E-state index in [0.717, 1.165) is 79.2 Å². The number of carbonyl (C=O) groups excluding carboxylic acids is 2. The van der Waals surface area contributed by atoms with Crippen LogP contribution in [0.3, 0.4) is 0 Å². The maximum Gasteiger partial charge on any atom is 0.350 e. The largest absolute Gasteiger partial charge is 0.462 e. The van der Waals surface area contributed by atoms with Gasteiger partial charge < -0.3 is 9.47 Å². The van der Waals surface area contributed by atoms with Crippen LogP contribution < -0.4 is 18.1 Å². The highest BCUT2D eigenvalue weighted by atomic mass is 32.1. The van der Waals surface area contributed by atoms with Crippen LogP contribution in [0.4, 0.5) is 0 Å². The van der Waals surface area contributed by atoms with Crippen molar-refractivity contribution in [1.82, 2.24) is 0 Å². The minimum absolute atomic E-state index is 0.0612. The predicted molar refractivity (Wildman–Crippen MR) is 175 cm³/mol. The van der Waals surface area contributed by atoms with Gasteiger partial charge in [0, 0.05) is 27.9 Å². The fourth-order valence-electron chi connectivity index (χ4n) is 4.22. The predicted octanol–water partition coefficient (Wildman–Crippen LogP) is 6.10. The second-order valence-electron chi connectivity index (χ2n) is 9.68. The Morgan fingerprint density at radius 2 is 1.05 bits per heavy atom. The van der Waals surface area contributed by atoms with Crippen molar-refractivity contribution in [2.24, 2.45) is 0 Å². The first-order chi connectivity index (χ1) is 20.5. The van der Waals surface area contributed by atoms with Gasteiger partial charge in [-0.2, -0.15) is 10.5 Å². The van der Waals surface area contributed by atoms with E-state index in [1.165, 1.54) is 22.7 Å². The van der Waals surface area contributed by atoms with E-state index < -0.39 is 11.9 Å². The summed E-state index contributed by atoms with van der Waals surface area (Å²) in [5.74, 6) is -1.11. The summed E-state index contributed by atoms with van der Waals surface area (Å²) in [6.45, 7) is 4.93. The van der Waals surface area contributed by atoms with Gasteiger partial charge >= 0.3 is 11.9 Å². The summed E-state index contributed by atoms with van der Waals surface area (Å²) in [6.07, 6.45) is 12.2. The number of unbranched alkanes of at least 4 members (excludes halogenated alkanes) is 6. The van der Waals surface area contributed by atoms with E-state index in [9.17, 15) is 20.1 Å². The Morgan fingerprint density at radius 3 is 1.40 bits per heavy atom. The van der Waals surface area contributed by atoms with Crippen LogP contribution >= 0.6 is 45.3 Å². The Kier molecular flexibility index (Phi) is 11.9. The highest BCUT2D eigenvalue weighted by molar-refractivity contribution is 7.26. The summed E-state index contributed by atoms with van der Waals surface area (Å²) in [4.78, 5) is 24.9. The van der Waals surface area contributed by atoms with Crippen molar-refractivity contribution in [3.05, 3.63) is 42.4 Å². The zero-order valence-corrected chi connectivity index (χ0v) is 27.0. The lowest BCUT2D eigenvalue weighted by atomic mass is 10.2. The highest BCUT2D eigenvalue weighted by Gasteiger charge is 2.15. The summed E-state index contributed by atoms with van der Waals surface area (Å²) in [5, 5.41) is 19.2. The van der Waals surface area contributed by atoms with Crippen molar-refractivity contribution in [1.29, 1.82) is 10.5 Å². The molecule has 0 bridgehead atoms. The molecule has 0 spiro atoms. The number of nitriles is 2. The Hall–Kier alpha value is -3.28. The molecule has 0 N–H and O–H groups in total. The lowest BCUT2D eigenvalue weighted by molar-refractivity contribution is -0.137. The maximum absolute atomic E-state index is 12.4. The van der Waals surface area contributed by atoms with Crippen molar-refractivity contribution in [3.8, 4) is 12.1 Å². The first-order valence-corrected chi connectivity index (χ1v) is 17.4. The van der Waals surface area contributed by atoms with E-state index in [4.69, 9.17) is 9.47 Å². The zero-order valence-electron chi connectivity index (χ0n) is 23.7. The van der Waals surface area contributed by atoms with Gasteiger partial charge in [-0.1, -0.05) is 52.4 Å². The number of nitrogens with zero attached hydrogens (tertiary/aromatic N) is 2. The quantitative estimate of drug-likeness (QED) is 0.130. The van der Waals surface area contributed by atoms with Gasteiger partial charge in [-0.3, -0.25) is 0 Å². The molecule has 4 aromatic rings. The Bertz CT molecular complexity index is 1680. The van der Waals surface area contributed by atoms with Crippen molar-refractivity contribution in [2.75, 3.05) is 13.2 Å². The number of carbonyl (C=O) groups is 2. The van der Waals surface area contributed by atoms with Gasteiger partial charge in [0.05, 0.1) is 22.3 Å². The van der Waals surface area contributed by atoms with Gasteiger partial charge in [-0.15, -0.1) is 45.3 Å². The number of hydrogen-bond acceptors (Lipinski definition) is 10. The summed E-state index contributed by atoms with van der Waals surface area (Å²) < 4.78 is 18.1. The molecule has 0 aliphatic rings. The van der Waals surface area contributed by atoms with Gasteiger partial charge in [-0.25, -0.2) is 9.59 Å². The molecule has 0 aromatic carbocycles. The summed E-state index contributed by atoms with van der Waals surface area (Å²) in [7, 11) is 0. The second kappa shape index (κ2) is 15.8. The Labute approximate surface area is 260 Å². The summed E-state index contributed by atoms with van der Waals surface area (Å²) >= 11 is 6.05. The fraction of sp³-hybridized carbons (Fsp3) is 0.375. The van der Waals surface area contributed by atoms with Crippen LogP contribution in [0.25, 0.3) is 42.1 Å². The SMILES string of the molecule is CCCCCCOC(=O)/C(C#N)=c1/cc2s/c(=C\C=c3\cc4s/c(=C(/C#N)C(=O)OCCCCCC)cc4s3)cc2s1. The van der Waals surface area contributed by atoms with E-state index >= 15 is 0 Å². The molecule has 4 heterocycles. The fourth-order valence-corrected chi connectivity index (χ4v) is 8.80. The molecule has 6 nitrogen and oxygen atoms in total. The molecule has 218 valence electrons. The molecule has 0 fully saturated rings. The van der Waals surface area contributed by atoms with Crippen molar-refractivity contribution in [2.45, 2.75) is 65.2 Å². The number of thiophene rings is 4. The molecule has 0 saturated heterocycles. The molecule has 0 saturated carbocycles. The van der Waals surface area contributed by atoms with Crippen LogP contribution in [0.2, 0.25) is 0 Å². The third-order valence-corrected chi connectivity index (χ3v) is 11.0. The molecule has 0 aliphatic carbocycles. The number of hydrogen-bond donors (Lipinski definition) is 0. The van der Waals surface area contributed by atoms with Crippen LogP contribution in [0, 0.1) is 22.7 Å². The van der Waals surface area contributed by atoms with Crippen LogP contribution in [-0.2, 0) is 19.1 Å². The summed E-state index contributed by atoms with van der Waals surface area (Å²) in [5.41, 5.74) is 0.122. The molecule has 0 amide bonds. The summed E-state index contributed by atoms with van der Waals surface area (Å²) in [6, 6.07) is 12.0. The van der Waals surface area contributed by atoms with Crippen LogP contribution in [0.1, 0.15) is 65.2 Å². The lowest BCUT2D eigenvalue weighted by Gasteiger charge is -2.02. The number of ether oxygens (including phenoxy) is 2. The van der Waals surface area contributed by atoms with E-state index in [2.05, 4.69) is 38.1 Å². The third-order valence-electron chi connectivity index (χ3n) is 6.45. The third kappa shape index (κ3) is 8.17. The van der Waals surface area contributed by atoms with Crippen molar-refractivity contribution < 1.29 is 19.1 Å². The van der Waals surface area contributed by atoms with Gasteiger partial charge in [-0.05, 0) is 49.3 Å². The molecule has 10 heteroatoms. The van der Waals surface area contributed by atoms with Gasteiger partial charge in [0.1, 0.15) is 12.1 Å². The van der Waals surface area contributed by atoms with E-state index in [0.29, 0.717) is 22.3 Å². The van der Waals surface area contributed by atoms with Crippen molar-refractivity contribution >= 4 is 99.4 Å². The van der Waals surface area contributed by atoms with E-state index in [-0.39, 0.29) is 11.1 Å². The van der Waals surface area contributed by atoms with Crippen LogP contribution in [0.15, 0.2) is 24.3 Å². The molecule has 0 radical (unpaired) electrons. The molecule has 4 rings (SSSR count). The van der Waals surface area contributed by atoms with Gasteiger partial charge in [0.15, 0.2) is 11.1 Å². The Morgan fingerprint density at radius 1 is 0.643 bits per heavy atom. The molecule has 42 heavy (non-hydrogen) atoms. The zero-order chi connectivity index (χ0) is 29.9. The molecule has 4 aromatic heterocycles. The smallest absolute Gasteiger partial charge is 0.350 e. The lowest BCUT2D eigenvalue weighted by Crippen LogP contribution is -2.13. The maximum atomic E-state index is 12.4. The highest BCUT2D eigenvalue weighted by Crippen LogP contribution is 2.22. The number of esters is 2. The van der Waals surface area contributed by atoms with Crippen LogP contribution in [0.5, 0.6) is 0 Å². The topological polar surface area (TPSA) is 100 Å². The Balaban J connectivity index is 1.49. The van der Waals surface area contributed by atoms with Crippen LogP contribution in [-0.4, -0.2) is 25.2 Å². The number of fused-ring (bicyclic) bond motifs is 2. The standard InChI is InChI=1S/C32H32N2O4S4/c1-3-5-7-9-13-37-31(35)23(19-33)25-17-29-27(41-25)15-21(39-29)11-12-22-16-28-30(40-22)18-26(42-28)24(20-34)32(36)38-14-10-8-6-4-2/h11-12,15-18H,3-10,13-14H2,1-2H3/b21-11-,22-12-,25-23-,26-24-. The normalized spacial score (nSPS) is 13.7. The van der Waals surface area contributed by atoms with Gasteiger partial charge in [0.2, 0.25) is 0 Å². The molecular weight excluding hydrogens is 605 g/mol. The minimum Gasteiger partial charge on any atom is -0.462 e. The average molecular weight is 637 g/mol.